The summed E-state index contributed by atoms with van der Waals surface area (Å²) in [5, 5.41) is 9.27. The molecule has 1 fully saturated rings. The molecule has 10 nitrogen and oxygen atoms in total. The van der Waals surface area contributed by atoms with Gasteiger partial charge < -0.3 is 15.4 Å². The molecule has 2 aliphatic heterocycles. The number of hydrazine groups is 2. The van der Waals surface area contributed by atoms with Crippen molar-refractivity contribution in [3.05, 3.63) is 35.9 Å². The zero-order valence-electron chi connectivity index (χ0n) is 15.4. The van der Waals surface area contributed by atoms with Crippen LogP contribution in [-0.2, 0) is 4.74 Å². The van der Waals surface area contributed by atoms with Crippen LogP contribution >= 0.6 is 0 Å². The van der Waals surface area contributed by atoms with Gasteiger partial charge in [-0.1, -0.05) is 6.07 Å². The standard InChI is InChI=1S/C17H22N8O2/c1-10-4-5-12(21-17(26)18-3)6-13(10)23-25-16-20-9-19-15(22-16)14-8-24(25)7-11(2)27-14/h4-6,9,11,14,23H,7-8H2,1-3H3,(H2,18,21,26). The lowest BCUT2D eigenvalue weighted by Gasteiger charge is -2.40. The Morgan fingerprint density at radius 3 is 2.96 bits per heavy atom. The minimum atomic E-state index is -0.272. The van der Waals surface area contributed by atoms with Gasteiger partial charge in [0.1, 0.15) is 12.4 Å². The number of fused-ring (bicyclic) bond motifs is 5. The molecule has 3 heterocycles. The maximum atomic E-state index is 11.6. The summed E-state index contributed by atoms with van der Waals surface area (Å²) < 4.78 is 5.97. The smallest absolute Gasteiger partial charge is 0.318 e. The molecule has 2 amide bonds. The van der Waals surface area contributed by atoms with Crippen LogP contribution in [0, 0.1) is 6.92 Å². The van der Waals surface area contributed by atoms with E-state index in [1.807, 2.05) is 37.2 Å². The molecule has 27 heavy (non-hydrogen) atoms. The third kappa shape index (κ3) is 3.49. The van der Waals surface area contributed by atoms with E-state index in [9.17, 15) is 4.79 Å². The van der Waals surface area contributed by atoms with Gasteiger partial charge in [0.05, 0.1) is 18.3 Å². The number of ether oxygens (including phenoxy) is 1. The quantitative estimate of drug-likeness (QED) is 0.745. The Morgan fingerprint density at radius 2 is 2.15 bits per heavy atom. The molecule has 1 aromatic heterocycles. The van der Waals surface area contributed by atoms with Crippen molar-refractivity contribution in [2.24, 2.45) is 0 Å². The number of benzene rings is 1. The Labute approximate surface area is 156 Å². The van der Waals surface area contributed by atoms with Crippen LogP contribution in [0.2, 0.25) is 0 Å². The van der Waals surface area contributed by atoms with Crippen LogP contribution in [0.1, 0.15) is 24.4 Å². The molecule has 3 unspecified atom stereocenters. The lowest BCUT2D eigenvalue weighted by atomic mass is 10.2. The molecule has 3 N–H and O–H groups in total. The van der Waals surface area contributed by atoms with Crippen LogP contribution in [0.5, 0.6) is 0 Å². The SMILES string of the molecule is CNC(=O)Nc1ccc(C)c(NN2c3ncnc(n3)C3CN2CC(C)O3)c1. The lowest BCUT2D eigenvalue weighted by molar-refractivity contribution is -0.0814. The molecule has 2 aliphatic rings. The molecule has 1 saturated heterocycles. The molecule has 142 valence electrons. The second-order valence-corrected chi connectivity index (χ2v) is 6.61. The van der Waals surface area contributed by atoms with E-state index in [1.165, 1.54) is 6.33 Å². The predicted octanol–water partition coefficient (Wildman–Crippen LogP) is 1.46. The van der Waals surface area contributed by atoms with E-state index in [0.717, 1.165) is 11.3 Å². The lowest BCUT2D eigenvalue weighted by Crippen LogP contribution is -2.54. The van der Waals surface area contributed by atoms with Gasteiger partial charge in [-0.05, 0) is 31.5 Å². The molecule has 4 rings (SSSR count). The second kappa shape index (κ2) is 6.97. The number of morpholine rings is 1. The van der Waals surface area contributed by atoms with E-state index in [1.54, 1.807) is 7.05 Å². The van der Waals surface area contributed by atoms with Crippen LogP contribution < -0.4 is 21.2 Å². The highest BCUT2D eigenvalue weighted by molar-refractivity contribution is 5.89. The molecule has 0 spiro atoms. The fraction of sp³-hybridized carbons (Fsp3) is 0.412. The number of rotatable bonds is 3. The maximum absolute atomic E-state index is 11.6. The van der Waals surface area contributed by atoms with Crippen molar-refractivity contribution in [3.63, 3.8) is 0 Å². The highest BCUT2D eigenvalue weighted by Crippen LogP contribution is 2.30. The number of aromatic nitrogens is 3. The van der Waals surface area contributed by atoms with Gasteiger partial charge in [-0.25, -0.2) is 9.78 Å². The molecular formula is C17H22N8O2. The first kappa shape index (κ1) is 17.4. The minimum Gasteiger partial charge on any atom is -0.364 e. The van der Waals surface area contributed by atoms with E-state index in [0.29, 0.717) is 30.5 Å². The molecule has 0 radical (unpaired) electrons. The van der Waals surface area contributed by atoms with Gasteiger partial charge in [-0.2, -0.15) is 20.1 Å². The molecule has 2 aromatic rings. The van der Waals surface area contributed by atoms with Crippen molar-refractivity contribution in [1.82, 2.24) is 25.3 Å². The van der Waals surface area contributed by atoms with Crippen LogP contribution in [0.4, 0.5) is 22.1 Å². The van der Waals surface area contributed by atoms with E-state index in [-0.39, 0.29) is 18.2 Å². The van der Waals surface area contributed by atoms with Gasteiger partial charge >= 0.3 is 6.03 Å². The fourth-order valence-corrected chi connectivity index (χ4v) is 3.17. The molecule has 0 saturated carbocycles. The number of carbonyl (C=O) groups excluding carboxylic acids is 1. The van der Waals surface area contributed by atoms with Gasteiger partial charge in [0.2, 0.25) is 0 Å². The number of urea groups is 1. The number of anilines is 3. The zero-order chi connectivity index (χ0) is 19.0. The van der Waals surface area contributed by atoms with Crippen molar-refractivity contribution in [3.8, 4) is 0 Å². The predicted molar refractivity (Wildman–Crippen MR) is 100 cm³/mol. The highest BCUT2D eigenvalue weighted by atomic mass is 16.5. The fourth-order valence-electron chi connectivity index (χ4n) is 3.17. The van der Waals surface area contributed by atoms with E-state index >= 15 is 0 Å². The van der Waals surface area contributed by atoms with Crippen LogP contribution in [0.15, 0.2) is 24.5 Å². The minimum absolute atomic E-state index is 0.0354. The van der Waals surface area contributed by atoms with Gasteiger partial charge in [-0.15, -0.1) is 0 Å². The number of hydrogen-bond acceptors (Lipinski definition) is 8. The van der Waals surface area contributed by atoms with Crippen molar-refractivity contribution >= 4 is 23.4 Å². The third-order valence-electron chi connectivity index (χ3n) is 4.53. The Hall–Kier alpha value is -2.98. The summed E-state index contributed by atoms with van der Waals surface area (Å²) in [5.41, 5.74) is 5.93. The van der Waals surface area contributed by atoms with Gasteiger partial charge in [0, 0.05) is 19.3 Å². The Morgan fingerprint density at radius 1 is 1.30 bits per heavy atom. The number of carbonyl (C=O) groups is 1. The molecule has 0 aliphatic carbocycles. The molecular weight excluding hydrogens is 348 g/mol. The van der Waals surface area contributed by atoms with Crippen LogP contribution in [0.25, 0.3) is 0 Å². The summed E-state index contributed by atoms with van der Waals surface area (Å²) >= 11 is 0. The average Bonchev–Trinajstić information content (AvgIpc) is 2.73. The largest absolute Gasteiger partial charge is 0.364 e. The summed E-state index contributed by atoms with van der Waals surface area (Å²) in [7, 11) is 1.58. The number of nitrogens with one attached hydrogen (secondary N) is 3. The maximum Gasteiger partial charge on any atom is 0.318 e. The Bertz CT molecular complexity index is 861. The third-order valence-corrected chi connectivity index (χ3v) is 4.53. The normalized spacial score (nSPS) is 23.4. The Balaban J connectivity index is 1.65. The van der Waals surface area contributed by atoms with Crippen molar-refractivity contribution in [1.29, 1.82) is 0 Å². The first-order valence-corrected chi connectivity index (χ1v) is 8.79. The van der Waals surface area contributed by atoms with Gasteiger partial charge in [0.25, 0.3) is 5.95 Å². The molecule has 3 atom stereocenters. The number of hydrogen-bond donors (Lipinski definition) is 3. The topological polar surface area (TPSA) is 108 Å². The first-order valence-electron chi connectivity index (χ1n) is 8.79. The summed E-state index contributed by atoms with van der Waals surface area (Å²) in [6, 6.07) is 5.39. The highest BCUT2D eigenvalue weighted by Gasteiger charge is 2.36. The summed E-state index contributed by atoms with van der Waals surface area (Å²) in [5.74, 6) is 1.14. The van der Waals surface area contributed by atoms with Crippen LogP contribution in [0.3, 0.4) is 0 Å². The zero-order valence-corrected chi connectivity index (χ0v) is 15.4. The van der Waals surface area contributed by atoms with Crippen LogP contribution in [-0.4, -0.2) is 52.2 Å². The Kier molecular flexibility index (Phi) is 4.50. The van der Waals surface area contributed by atoms with E-state index in [4.69, 9.17) is 4.74 Å². The summed E-state index contributed by atoms with van der Waals surface area (Å²) in [6.07, 6.45) is 1.34. The van der Waals surface area contributed by atoms with Crippen molar-refractivity contribution in [2.75, 3.05) is 36.0 Å². The summed E-state index contributed by atoms with van der Waals surface area (Å²) in [6.45, 7) is 5.34. The number of amides is 2. The van der Waals surface area contributed by atoms with Crippen molar-refractivity contribution in [2.45, 2.75) is 26.1 Å². The second-order valence-electron chi connectivity index (χ2n) is 6.61. The molecule has 4 bridgehead atoms. The number of nitrogens with zero attached hydrogens (tertiary/aromatic N) is 5. The molecule has 10 heteroatoms. The van der Waals surface area contributed by atoms with Gasteiger partial charge in [0.15, 0.2) is 5.82 Å². The van der Waals surface area contributed by atoms with E-state index < -0.39 is 0 Å². The molecule has 1 aromatic carbocycles. The van der Waals surface area contributed by atoms with E-state index in [2.05, 4.69) is 36.0 Å². The summed E-state index contributed by atoms with van der Waals surface area (Å²) in [4.78, 5) is 24.7. The number of aryl methyl sites for hydroxylation is 1. The van der Waals surface area contributed by atoms with Gasteiger partial charge in [-0.3, -0.25) is 5.43 Å². The first-order chi connectivity index (χ1) is 13.0. The van der Waals surface area contributed by atoms with Crippen molar-refractivity contribution < 1.29 is 9.53 Å². The average molecular weight is 370 g/mol. The monoisotopic (exact) mass is 370 g/mol.